The molecule has 0 atom stereocenters. The maximum absolute atomic E-state index is 12.0. The van der Waals surface area contributed by atoms with Crippen molar-refractivity contribution < 1.29 is 19.4 Å². The van der Waals surface area contributed by atoms with Crippen LogP contribution < -0.4 is 15.4 Å². The number of nitrogens with one attached hydrogen (secondary N) is 2. The van der Waals surface area contributed by atoms with Crippen LogP contribution in [0.15, 0.2) is 12.3 Å². The molecule has 0 radical (unpaired) electrons. The van der Waals surface area contributed by atoms with E-state index in [0.29, 0.717) is 11.7 Å². The number of hydrogen-bond acceptors (Lipinski definition) is 6. The summed E-state index contributed by atoms with van der Waals surface area (Å²) in [5.41, 5.74) is 0. The molecule has 1 aromatic rings. The Kier molecular flexibility index (Phi) is 5.32. The fourth-order valence-corrected chi connectivity index (χ4v) is 3.00. The molecule has 0 aliphatic heterocycles. The van der Waals surface area contributed by atoms with E-state index in [0.717, 1.165) is 19.4 Å². The van der Waals surface area contributed by atoms with Crippen molar-refractivity contribution in [3.63, 3.8) is 0 Å². The van der Waals surface area contributed by atoms with Crippen molar-refractivity contribution >= 4 is 17.8 Å². The zero-order chi connectivity index (χ0) is 17.8. The van der Waals surface area contributed by atoms with Crippen molar-refractivity contribution in [1.82, 2.24) is 20.2 Å². The second-order valence-corrected chi connectivity index (χ2v) is 6.62. The topological polar surface area (TPSA) is 117 Å². The summed E-state index contributed by atoms with van der Waals surface area (Å²) in [4.78, 5) is 33.0. The number of hydrogen-bond donors (Lipinski definition) is 3. The highest BCUT2D eigenvalue weighted by Crippen LogP contribution is 2.33. The van der Waals surface area contributed by atoms with Crippen LogP contribution in [0.3, 0.4) is 0 Å². The molecule has 9 heteroatoms. The van der Waals surface area contributed by atoms with Crippen molar-refractivity contribution in [2.75, 3.05) is 25.5 Å². The highest BCUT2D eigenvalue weighted by molar-refractivity contribution is 5.88. The molecule has 3 N–H and O–H groups in total. The van der Waals surface area contributed by atoms with Crippen LogP contribution in [0.4, 0.5) is 10.6 Å². The Labute approximate surface area is 145 Å². The second-order valence-electron chi connectivity index (χ2n) is 6.62. The molecule has 136 valence electrons. The first-order valence-electron chi connectivity index (χ1n) is 8.44. The van der Waals surface area contributed by atoms with E-state index in [-0.39, 0.29) is 30.7 Å². The number of rotatable bonds is 8. The minimum Gasteiger partial charge on any atom is -0.480 e. The molecule has 2 amide bonds. The molecule has 25 heavy (non-hydrogen) atoms. The van der Waals surface area contributed by atoms with Gasteiger partial charge in [0.15, 0.2) is 0 Å². The maximum Gasteiger partial charge on any atom is 0.320 e. The molecule has 3 rings (SSSR count). The average molecular weight is 349 g/mol. The molecule has 1 heterocycles. The van der Waals surface area contributed by atoms with Crippen LogP contribution in [0, 0.1) is 5.92 Å². The third kappa shape index (κ3) is 5.02. The number of aromatic nitrogens is 2. The lowest BCUT2D eigenvalue weighted by molar-refractivity contribution is -0.139. The number of carboxylic acids is 1. The Morgan fingerprint density at radius 1 is 1.40 bits per heavy atom. The molecule has 0 saturated heterocycles. The van der Waals surface area contributed by atoms with Gasteiger partial charge in [-0.3, -0.25) is 15.0 Å². The molecule has 1 aromatic heterocycles. The van der Waals surface area contributed by atoms with E-state index in [2.05, 4.69) is 20.6 Å². The van der Waals surface area contributed by atoms with E-state index in [9.17, 15) is 9.59 Å². The second kappa shape index (κ2) is 7.64. The van der Waals surface area contributed by atoms with Crippen molar-refractivity contribution in [3.8, 4) is 6.01 Å². The summed E-state index contributed by atoms with van der Waals surface area (Å²) >= 11 is 0. The standard InChI is InChI=1S/C16H23N5O4/c1-25-16-17-5-4-13(20-16)19-15(24)18-11-6-12(7-11)21(9-14(22)23)8-10-2-3-10/h4-5,10-12H,2-3,6-9H2,1H3,(H,22,23)(H2,17,18,19,20,24). The molecule has 2 aliphatic rings. The number of aliphatic carboxylic acids is 1. The van der Waals surface area contributed by atoms with E-state index < -0.39 is 5.97 Å². The quantitative estimate of drug-likeness (QED) is 0.639. The highest BCUT2D eigenvalue weighted by Gasteiger charge is 2.37. The van der Waals surface area contributed by atoms with Gasteiger partial charge in [0.05, 0.1) is 13.7 Å². The third-order valence-electron chi connectivity index (χ3n) is 4.55. The van der Waals surface area contributed by atoms with Gasteiger partial charge in [-0.1, -0.05) is 0 Å². The van der Waals surface area contributed by atoms with E-state index in [4.69, 9.17) is 9.84 Å². The van der Waals surface area contributed by atoms with Gasteiger partial charge in [0, 0.05) is 24.8 Å². The molecule has 2 fully saturated rings. The minimum absolute atomic E-state index is 0.0456. The summed E-state index contributed by atoms with van der Waals surface area (Å²) in [6.45, 7) is 0.914. The number of anilines is 1. The summed E-state index contributed by atoms with van der Waals surface area (Å²) in [6, 6.07) is 1.70. The first-order chi connectivity index (χ1) is 12.0. The molecule has 2 aliphatic carbocycles. The number of carbonyl (C=O) groups is 2. The minimum atomic E-state index is -0.799. The lowest BCUT2D eigenvalue weighted by Crippen LogP contribution is -2.55. The molecular weight excluding hydrogens is 326 g/mol. The normalized spacial score (nSPS) is 22.2. The average Bonchev–Trinajstić information content (AvgIpc) is 3.33. The maximum atomic E-state index is 12.0. The molecule has 2 saturated carbocycles. The van der Waals surface area contributed by atoms with Gasteiger partial charge in [-0.15, -0.1) is 0 Å². The van der Waals surface area contributed by atoms with Gasteiger partial charge >= 0.3 is 18.0 Å². The van der Waals surface area contributed by atoms with Gasteiger partial charge in [0.2, 0.25) is 0 Å². The van der Waals surface area contributed by atoms with E-state index >= 15 is 0 Å². The third-order valence-corrected chi connectivity index (χ3v) is 4.55. The Bertz CT molecular complexity index is 631. The highest BCUT2D eigenvalue weighted by atomic mass is 16.5. The van der Waals surface area contributed by atoms with E-state index in [1.807, 2.05) is 4.90 Å². The van der Waals surface area contributed by atoms with Crippen molar-refractivity contribution in [1.29, 1.82) is 0 Å². The SMILES string of the molecule is COc1nccc(NC(=O)NC2CC(N(CC(=O)O)CC3CC3)C2)n1. The summed E-state index contributed by atoms with van der Waals surface area (Å²) < 4.78 is 4.91. The molecule has 9 nitrogen and oxygen atoms in total. The number of urea groups is 1. The number of carboxylic acid groups (broad SMARTS) is 1. The lowest BCUT2D eigenvalue weighted by Gasteiger charge is -2.42. The largest absolute Gasteiger partial charge is 0.480 e. The number of carbonyl (C=O) groups excluding carboxylic acids is 1. The Morgan fingerprint density at radius 3 is 2.80 bits per heavy atom. The summed E-state index contributed by atoms with van der Waals surface area (Å²) in [7, 11) is 1.46. The van der Waals surface area contributed by atoms with Crippen LogP contribution in [0.1, 0.15) is 25.7 Å². The monoisotopic (exact) mass is 349 g/mol. The molecule has 0 spiro atoms. The number of amides is 2. The predicted octanol–water partition coefficient (Wildman–Crippen LogP) is 0.934. The van der Waals surface area contributed by atoms with Gasteiger partial charge in [-0.2, -0.15) is 4.98 Å². The molecule has 0 aromatic carbocycles. The fraction of sp³-hybridized carbons (Fsp3) is 0.625. The van der Waals surface area contributed by atoms with Crippen LogP contribution in [0.25, 0.3) is 0 Å². The Hall–Kier alpha value is -2.42. The number of methoxy groups -OCH3 is 1. The Balaban J connectivity index is 1.43. The summed E-state index contributed by atoms with van der Waals surface area (Å²) in [5.74, 6) is 0.205. The molecular formula is C16H23N5O4. The zero-order valence-electron chi connectivity index (χ0n) is 14.1. The summed E-state index contributed by atoms with van der Waals surface area (Å²) in [6.07, 6.45) is 5.41. The van der Waals surface area contributed by atoms with Crippen molar-refractivity contribution in [3.05, 3.63) is 12.3 Å². The molecule has 0 bridgehead atoms. The first-order valence-corrected chi connectivity index (χ1v) is 8.44. The van der Waals surface area contributed by atoms with Crippen LogP contribution in [0.2, 0.25) is 0 Å². The number of nitrogens with zero attached hydrogens (tertiary/aromatic N) is 3. The predicted molar refractivity (Wildman–Crippen MR) is 89.5 cm³/mol. The van der Waals surface area contributed by atoms with Crippen molar-refractivity contribution in [2.45, 2.75) is 37.8 Å². The van der Waals surface area contributed by atoms with Crippen LogP contribution in [-0.2, 0) is 4.79 Å². The van der Waals surface area contributed by atoms with Gasteiger partial charge in [-0.05, 0) is 37.7 Å². The van der Waals surface area contributed by atoms with Crippen molar-refractivity contribution in [2.24, 2.45) is 5.92 Å². The smallest absolute Gasteiger partial charge is 0.320 e. The van der Waals surface area contributed by atoms with Gasteiger partial charge in [-0.25, -0.2) is 9.78 Å². The van der Waals surface area contributed by atoms with Gasteiger partial charge < -0.3 is 15.2 Å². The summed E-state index contributed by atoms with van der Waals surface area (Å²) in [5, 5.41) is 14.6. The van der Waals surface area contributed by atoms with E-state index in [1.165, 1.54) is 26.1 Å². The van der Waals surface area contributed by atoms with Gasteiger partial charge in [0.25, 0.3) is 0 Å². The fourth-order valence-electron chi connectivity index (χ4n) is 3.00. The van der Waals surface area contributed by atoms with E-state index in [1.54, 1.807) is 6.07 Å². The van der Waals surface area contributed by atoms with Gasteiger partial charge in [0.1, 0.15) is 5.82 Å². The lowest BCUT2D eigenvalue weighted by atomic mass is 9.85. The van der Waals surface area contributed by atoms with Crippen LogP contribution in [-0.4, -0.2) is 64.3 Å². The Morgan fingerprint density at radius 2 is 2.16 bits per heavy atom. The first kappa shape index (κ1) is 17.4. The van der Waals surface area contributed by atoms with Crippen LogP contribution in [0.5, 0.6) is 6.01 Å². The number of ether oxygens (including phenoxy) is 1. The molecule has 0 unspecified atom stereocenters. The zero-order valence-corrected chi connectivity index (χ0v) is 14.1. The van der Waals surface area contributed by atoms with Crippen LogP contribution >= 0.6 is 0 Å².